The van der Waals surface area contributed by atoms with Gasteiger partial charge in [-0.3, -0.25) is 0 Å². The maximum atomic E-state index is 9.95. The van der Waals surface area contributed by atoms with Crippen LogP contribution in [0.2, 0.25) is 5.02 Å². The summed E-state index contributed by atoms with van der Waals surface area (Å²) in [5.74, 6) is 0.834. The molecule has 1 heterocycles. The van der Waals surface area contributed by atoms with E-state index in [4.69, 9.17) is 11.6 Å². The molecule has 2 N–H and O–H groups in total. The lowest BCUT2D eigenvalue weighted by Crippen LogP contribution is -1.82. The zero-order valence-electron chi connectivity index (χ0n) is 9.74. The number of aromatic hydroxyl groups is 1. The van der Waals surface area contributed by atoms with Crippen molar-refractivity contribution in [2.45, 2.75) is 6.92 Å². The Bertz CT molecular complexity index is 734. The van der Waals surface area contributed by atoms with Crippen LogP contribution in [0.15, 0.2) is 36.4 Å². The van der Waals surface area contributed by atoms with Crippen LogP contribution < -0.4 is 0 Å². The maximum absolute atomic E-state index is 9.95. The lowest BCUT2D eigenvalue weighted by Gasteiger charge is -2.01. The molecule has 3 rings (SSSR count). The Morgan fingerprint density at radius 3 is 2.78 bits per heavy atom. The van der Waals surface area contributed by atoms with Gasteiger partial charge in [-0.05, 0) is 36.8 Å². The molecule has 0 aliphatic carbocycles. The molecule has 0 saturated carbocycles. The van der Waals surface area contributed by atoms with Crippen molar-refractivity contribution in [3.8, 4) is 17.1 Å². The largest absolute Gasteiger partial charge is 0.507 e. The standard InChI is InChI=1S/C14H11ClN2O/c1-8-5-6-9(12(18)7-8)14-16-11-4-2-3-10(15)13(11)17-14/h2-7,18H,1H3,(H,16,17). The molecule has 0 aliphatic rings. The first-order chi connectivity index (χ1) is 8.65. The summed E-state index contributed by atoms with van der Waals surface area (Å²) in [6.07, 6.45) is 0. The first kappa shape index (κ1) is 11.1. The number of halogens is 1. The molecule has 3 aromatic rings. The van der Waals surface area contributed by atoms with Crippen LogP contribution in [0, 0.1) is 6.92 Å². The van der Waals surface area contributed by atoms with Gasteiger partial charge in [0.15, 0.2) is 0 Å². The van der Waals surface area contributed by atoms with E-state index >= 15 is 0 Å². The molecule has 0 aliphatic heterocycles. The molecule has 0 amide bonds. The van der Waals surface area contributed by atoms with Crippen molar-refractivity contribution < 1.29 is 5.11 Å². The summed E-state index contributed by atoms with van der Waals surface area (Å²) >= 11 is 6.08. The van der Waals surface area contributed by atoms with Gasteiger partial charge in [-0.1, -0.05) is 23.7 Å². The van der Waals surface area contributed by atoms with Gasteiger partial charge in [0.2, 0.25) is 0 Å². The van der Waals surface area contributed by atoms with Crippen LogP contribution >= 0.6 is 11.6 Å². The summed E-state index contributed by atoms with van der Waals surface area (Å²) in [5.41, 5.74) is 3.25. The van der Waals surface area contributed by atoms with Gasteiger partial charge in [-0.15, -0.1) is 0 Å². The zero-order valence-corrected chi connectivity index (χ0v) is 10.5. The molecule has 0 saturated heterocycles. The van der Waals surface area contributed by atoms with Crippen molar-refractivity contribution in [3.63, 3.8) is 0 Å². The van der Waals surface area contributed by atoms with Crippen molar-refractivity contribution in [2.24, 2.45) is 0 Å². The van der Waals surface area contributed by atoms with E-state index in [1.54, 1.807) is 12.1 Å². The number of fused-ring (bicyclic) bond motifs is 1. The predicted molar refractivity (Wildman–Crippen MR) is 72.9 cm³/mol. The van der Waals surface area contributed by atoms with Gasteiger partial charge < -0.3 is 10.1 Å². The third kappa shape index (κ3) is 1.73. The van der Waals surface area contributed by atoms with Crippen molar-refractivity contribution in [3.05, 3.63) is 47.0 Å². The average Bonchev–Trinajstić information content (AvgIpc) is 2.74. The summed E-state index contributed by atoms with van der Waals surface area (Å²) in [6.45, 7) is 1.93. The normalized spacial score (nSPS) is 11.0. The van der Waals surface area contributed by atoms with Crippen LogP contribution in [0.5, 0.6) is 5.75 Å². The van der Waals surface area contributed by atoms with Crippen molar-refractivity contribution in [1.82, 2.24) is 9.97 Å². The van der Waals surface area contributed by atoms with Gasteiger partial charge in [0.25, 0.3) is 0 Å². The fourth-order valence-corrected chi connectivity index (χ4v) is 2.18. The Hall–Kier alpha value is -2.00. The fourth-order valence-electron chi connectivity index (χ4n) is 1.97. The van der Waals surface area contributed by atoms with Crippen molar-refractivity contribution in [1.29, 1.82) is 0 Å². The summed E-state index contributed by atoms with van der Waals surface area (Å²) in [5, 5.41) is 10.5. The van der Waals surface area contributed by atoms with Crippen molar-refractivity contribution >= 4 is 22.6 Å². The van der Waals surface area contributed by atoms with Gasteiger partial charge in [-0.2, -0.15) is 0 Å². The third-order valence-electron chi connectivity index (χ3n) is 2.87. The minimum absolute atomic E-state index is 0.213. The topological polar surface area (TPSA) is 48.9 Å². The van der Waals surface area contributed by atoms with Gasteiger partial charge in [0.05, 0.1) is 16.1 Å². The highest BCUT2D eigenvalue weighted by molar-refractivity contribution is 6.35. The molecule has 0 bridgehead atoms. The number of H-pyrrole nitrogens is 1. The second-order valence-electron chi connectivity index (χ2n) is 4.24. The lowest BCUT2D eigenvalue weighted by atomic mass is 10.1. The average molecular weight is 259 g/mol. The maximum Gasteiger partial charge on any atom is 0.142 e. The Morgan fingerprint density at radius 1 is 1.22 bits per heavy atom. The zero-order chi connectivity index (χ0) is 12.7. The molecule has 0 spiro atoms. The number of nitrogens with zero attached hydrogens (tertiary/aromatic N) is 1. The number of aromatic amines is 1. The van der Waals surface area contributed by atoms with E-state index in [1.807, 2.05) is 31.2 Å². The quantitative estimate of drug-likeness (QED) is 0.695. The number of hydrogen-bond donors (Lipinski definition) is 2. The van der Waals surface area contributed by atoms with Crippen LogP contribution in [0.25, 0.3) is 22.4 Å². The Labute approximate surface area is 109 Å². The summed E-state index contributed by atoms with van der Waals surface area (Å²) in [6, 6.07) is 11.1. The van der Waals surface area contributed by atoms with Crippen LogP contribution in [0.4, 0.5) is 0 Å². The number of aromatic nitrogens is 2. The predicted octanol–water partition coefficient (Wildman–Crippen LogP) is 3.90. The first-order valence-electron chi connectivity index (χ1n) is 5.59. The molecule has 2 aromatic carbocycles. The highest BCUT2D eigenvalue weighted by Gasteiger charge is 2.11. The molecule has 3 nitrogen and oxygen atoms in total. The Balaban J connectivity index is 2.23. The van der Waals surface area contributed by atoms with E-state index < -0.39 is 0 Å². The summed E-state index contributed by atoms with van der Waals surface area (Å²) in [7, 11) is 0. The SMILES string of the molecule is Cc1ccc(-c2nc3c(Cl)cccc3[nH]2)c(O)c1. The molecular weight excluding hydrogens is 248 g/mol. The molecule has 1 aromatic heterocycles. The van der Waals surface area contributed by atoms with E-state index in [2.05, 4.69) is 9.97 Å². The van der Waals surface area contributed by atoms with Gasteiger partial charge >= 0.3 is 0 Å². The third-order valence-corrected chi connectivity index (χ3v) is 3.18. The smallest absolute Gasteiger partial charge is 0.142 e. The van der Waals surface area contributed by atoms with Crippen molar-refractivity contribution in [2.75, 3.05) is 0 Å². The van der Waals surface area contributed by atoms with E-state index in [-0.39, 0.29) is 5.75 Å². The molecule has 90 valence electrons. The molecule has 18 heavy (non-hydrogen) atoms. The number of aryl methyl sites for hydroxylation is 1. The summed E-state index contributed by atoms with van der Waals surface area (Å²) in [4.78, 5) is 7.58. The second kappa shape index (κ2) is 4.03. The number of hydrogen-bond acceptors (Lipinski definition) is 2. The monoisotopic (exact) mass is 258 g/mol. The Kier molecular flexibility index (Phi) is 2.49. The van der Waals surface area contributed by atoms with Gasteiger partial charge in [0.1, 0.15) is 17.1 Å². The fraction of sp³-hybridized carbons (Fsp3) is 0.0714. The highest BCUT2D eigenvalue weighted by Crippen LogP contribution is 2.31. The molecular formula is C14H11ClN2O. The van der Waals surface area contributed by atoms with Crippen LogP contribution in [-0.4, -0.2) is 15.1 Å². The Morgan fingerprint density at radius 2 is 2.06 bits per heavy atom. The number of phenols is 1. The van der Waals surface area contributed by atoms with E-state index in [1.165, 1.54) is 0 Å². The lowest BCUT2D eigenvalue weighted by molar-refractivity contribution is 0.476. The van der Waals surface area contributed by atoms with Crippen LogP contribution in [0.1, 0.15) is 5.56 Å². The molecule has 0 atom stereocenters. The number of nitrogens with one attached hydrogen (secondary N) is 1. The number of benzene rings is 2. The van der Waals surface area contributed by atoms with Crippen LogP contribution in [-0.2, 0) is 0 Å². The van der Waals surface area contributed by atoms with Gasteiger partial charge in [-0.25, -0.2) is 4.98 Å². The number of para-hydroxylation sites is 1. The number of imidazole rings is 1. The first-order valence-corrected chi connectivity index (χ1v) is 5.97. The second-order valence-corrected chi connectivity index (χ2v) is 4.65. The van der Waals surface area contributed by atoms with E-state index in [9.17, 15) is 5.11 Å². The molecule has 0 radical (unpaired) electrons. The molecule has 0 fully saturated rings. The number of rotatable bonds is 1. The number of phenolic OH excluding ortho intramolecular Hbond substituents is 1. The van der Waals surface area contributed by atoms with E-state index in [0.717, 1.165) is 11.1 Å². The van der Waals surface area contributed by atoms with Crippen LogP contribution in [0.3, 0.4) is 0 Å². The summed E-state index contributed by atoms with van der Waals surface area (Å²) < 4.78 is 0. The molecule has 4 heteroatoms. The minimum Gasteiger partial charge on any atom is -0.507 e. The highest BCUT2D eigenvalue weighted by atomic mass is 35.5. The van der Waals surface area contributed by atoms with Gasteiger partial charge in [0, 0.05) is 0 Å². The molecule has 0 unspecified atom stereocenters. The van der Waals surface area contributed by atoms with E-state index in [0.29, 0.717) is 21.9 Å². The minimum atomic E-state index is 0.213.